The van der Waals surface area contributed by atoms with Crippen LogP contribution in [-0.4, -0.2) is 46.8 Å². The van der Waals surface area contributed by atoms with Crippen LogP contribution < -0.4 is 10.5 Å². The molecule has 1 amide bonds. The van der Waals surface area contributed by atoms with E-state index < -0.39 is 0 Å². The van der Waals surface area contributed by atoms with Gasteiger partial charge in [0.25, 0.3) is 5.56 Å². The van der Waals surface area contributed by atoms with Crippen LogP contribution in [-0.2, 0) is 11.3 Å². The Morgan fingerprint density at radius 2 is 1.90 bits per heavy atom. The van der Waals surface area contributed by atoms with Crippen LogP contribution in [0.3, 0.4) is 0 Å². The summed E-state index contributed by atoms with van der Waals surface area (Å²) >= 11 is 7.67. The van der Waals surface area contributed by atoms with Crippen molar-refractivity contribution in [2.24, 2.45) is 0 Å². The van der Waals surface area contributed by atoms with E-state index in [4.69, 9.17) is 11.6 Å². The highest BCUT2D eigenvalue weighted by Gasteiger charge is 2.21. The van der Waals surface area contributed by atoms with Crippen molar-refractivity contribution in [3.8, 4) is 10.6 Å². The lowest BCUT2D eigenvalue weighted by atomic mass is 10.2. The summed E-state index contributed by atoms with van der Waals surface area (Å²) in [5, 5.41) is 7.15. The SMILES string of the molecule is O=C(CCCn1nc(-c2cccs2)ccc1=O)N1CCN(c2cccc(Cl)c2)CC1. The number of carbonyl (C=O) groups is 1. The van der Waals surface area contributed by atoms with Gasteiger partial charge in [-0.05, 0) is 42.1 Å². The third-order valence-corrected chi connectivity index (χ3v) is 6.33. The van der Waals surface area contributed by atoms with E-state index >= 15 is 0 Å². The summed E-state index contributed by atoms with van der Waals surface area (Å²) in [6.07, 6.45) is 1.00. The number of aromatic nitrogens is 2. The molecule has 4 rings (SSSR count). The molecular formula is C22H23ClN4O2S. The zero-order valence-electron chi connectivity index (χ0n) is 16.5. The smallest absolute Gasteiger partial charge is 0.266 e. The summed E-state index contributed by atoms with van der Waals surface area (Å²) in [5.41, 5.74) is 1.73. The van der Waals surface area contributed by atoms with Crippen molar-refractivity contribution >= 4 is 34.5 Å². The van der Waals surface area contributed by atoms with Gasteiger partial charge in [0.15, 0.2) is 0 Å². The minimum Gasteiger partial charge on any atom is -0.368 e. The first-order valence-electron chi connectivity index (χ1n) is 10.0. The average Bonchev–Trinajstić information content (AvgIpc) is 3.30. The maximum Gasteiger partial charge on any atom is 0.266 e. The summed E-state index contributed by atoms with van der Waals surface area (Å²) in [4.78, 5) is 29.9. The predicted molar refractivity (Wildman–Crippen MR) is 121 cm³/mol. The third-order valence-electron chi connectivity index (χ3n) is 5.21. The highest BCUT2D eigenvalue weighted by Crippen LogP contribution is 2.22. The maximum atomic E-state index is 12.6. The lowest BCUT2D eigenvalue weighted by Crippen LogP contribution is -2.48. The van der Waals surface area contributed by atoms with Gasteiger partial charge in [-0.3, -0.25) is 9.59 Å². The van der Waals surface area contributed by atoms with E-state index in [-0.39, 0.29) is 11.5 Å². The molecule has 1 aliphatic heterocycles. The van der Waals surface area contributed by atoms with Crippen LogP contribution in [0.2, 0.25) is 5.02 Å². The first kappa shape index (κ1) is 20.6. The fourth-order valence-electron chi connectivity index (χ4n) is 3.59. The number of amides is 1. The van der Waals surface area contributed by atoms with Gasteiger partial charge < -0.3 is 9.80 Å². The van der Waals surface area contributed by atoms with Gasteiger partial charge in [-0.15, -0.1) is 11.3 Å². The van der Waals surface area contributed by atoms with Crippen LogP contribution >= 0.6 is 22.9 Å². The first-order chi connectivity index (χ1) is 14.6. The van der Waals surface area contributed by atoms with Gasteiger partial charge in [-0.2, -0.15) is 5.10 Å². The van der Waals surface area contributed by atoms with E-state index in [2.05, 4.69) is 10.00 Å². The van der Waals surface area contributed by atoms with Crippen LogP contribution in [0.15, 0.2) is 58.7 Å². The van der Waals surface area contributed by atoms with E-state index in [0.29, 0.717) is 32.5 Å². The van der Waals surface area contributed by atoms with Gasteiger partial charge in [-0.1, -0.05) is 23.7 Å². The van der Waals surface area contributed by atoms with Crippen LogP contribution in [0.1, 0.15) is 12.8 Å². The van der Waals surface area contributed by atoms with Crippen LogP contribution in [0.4, 0.5) is 5.69 Å². The molecule has 1 saturated heterocycles. The van der Waals surface area contributed by atoms with E-state index in [9.17, 15) is 9.59 Å². The standard InChI is InChI=1S/C22H23ClN4O2S/c23-17-4-1-5-18(16-17)25-11-13-26(14-12-25)21(28)7-2-10-27-22(29)9-8-19(24-27)20-6-3-15-30-20/h1,3-6,8-9,15-16H,2,7,10-14H2. The number of piperazine rings is 1. The summed E-state index contributed by atoms with van der Waals surface area (Å²) < 4.78 is 1.46. The second-order valence-corrected chi connectivity index (χ2v) is 8.59. The van der Waals surface area contributed by atoms with E-state index in [1.807, 2.05) is 46.7 Å². The van der Waals surface area contributed by atoms with E-state index in [0.717, 1.165) is 34.4 Å². The Morgan fingerprint density at radius 1 is 1.07 bits per heavy atom. The first-order valence-corrected chi connectivity index (χ1v) is 11.3. The van der Waals surface area contributed by atoms with E-state index in [1.165, 1.54) is 4.68 Å². The molecule has 2 aromatic heterocycles. The molecule has 0 spiro atoms. The quantitative estimate of drug-likeness (QED) is 0.583. The van der Waals surface area contributed by atoms with Gasteiger partial charge in [0.05, 0.1) is 4.88 Å². The molecule has 1 fully saturated rings. The molecule has 0 bridgehead atoms. The molecule has 0 radical (unpaired) electrons. The number of anilines is 1. The Hall–Kier alpha value is -2.64. The minimum absolute atomic E-state index is 0.128. The Balaban J connectivity index is 1.28. The lowest BCUT2D eigenvalue weighted by Gasteiger charge is -2.36. The van der Waals surface area contributed by atoms with Crippen molar-refractivity contribution in [2.45, 2.75) is 19.4 Å². The topological polar surface area (TPSA) is 58.4 Å². The number of benzene rings is 1. The number of halogens is 1. The molecule has 0 atom stereocenters. The van der Waals surface area contributed by atoms with Crippen molar-refractivity contribution in [2.75, 3.05) is 31.1 Å². The second kappa shape index (κ2) is 9.45. The molecule has 0 N–H and O–H groups in total. The van der Waals surface area contributed by atoms with Gasteiger partial charge in [-0.25, -0.2) is 4.68 Å². The molecule has 3 aromatic rings. The molecular weight excluding hydrogens is 420 g/mol. The minimum atomic E-state index is -0.141. The van der Waals surface area contributed by atoms with Crippen molar-refractivity contribution in [3.63, 3.8) is 0 Å². The summed E-state index contributed by atoms with van der Waals surface area (Å²) in [7, 11) is 0. The molecule has 156 valence electrons. The summed E-state index contributed by atoms with van der Waals surface area (Å²) in [6, 6.07) is 15.0. The Labute approximate surface area is 184 Å². The highest BCUT2D eigenvalue weighted by atomic mass is 35.5. The van der Waals surface area contributed by atoms with Crippen LogP contribution in [0, 0.1) is 0 Å². The molecule has 1 aromatic carbocycles. The predicted octanol–water partition coefficient (Wildman–Crippen LogP) is 3.75. The number of rotatable bonds is 6. The van der Waals surface area contributed by atoms with Crippen molar-refractivity contribution in [1.29, 1.82) is 0 Å². The average molecular weight is 443 g/mol. The normalized spacial score (nSPS) is 14.2. The summed E-state index contributed by atoms with van der Waals surface area (Å²) in [6.45, 7) is 3.40. The highest BCUT2D eigenvalue weighted by molar-refractivity contribution is 7.13. The van der Waals surface area contributed by atoms with Gasteiger partial charge in [0.2, 0.25) is 5.91 Å². The molecule has 8 heteroatoms. The Morgan fingerprint density at radius 3 is 2.63 bits per heavy atom. The molecule has 6 nitrogen and oxygen atoms in total. The summed E-state index contributed by atoms with van der Waals surface area (Å²) in [5.74, 6) is 0.128. The molecule has 0 saturated carbocycles. The molecule has 3 heterocycles. The number of thiophene rings is 1. The monoisotopic (exact) mass is 442 g/mol. The number of aryl methyl sites for hydroxylation is 1. The fourth-order valence-corrected chi connectivity index (χ4v) is 4.46. The molecule has 1 aliphatic rings. The maximum absolute atomic E-state index is 12.6. The number of nitrogens with zero attached hydrogens (tertiary/aromatic N) is 4. The second-order valence-electron chi connectivity index (χ2n) is 7.21. The van der Waals surface area contributed by atoms with E-state index in [1.54, 1.807) is 23.5 Å². The van der Waals surface area contributed by atoms with Crippen molar-refractivity contribution in [3.05, 3.63) is 69.3 Å². The van der Waals surface area contributed by atoms with Gasteiger partial charge in [0, 0.05) is 55.9 Å². The lowest BCUT2D eigenvalue weighted by molar-refractivity contribution is -0.131. The molecule has 30 heavy (non-hydrogen) atoms. The fraction of sp³-hybridized carbons (Fsp3) is 0.318. The van der Waals surface area contributed by atoms with Crippen molar-refractivity contribution < 1.29 is 4.79 Å². The van der Waals surface area contributed by atoms with Gasteiger partial charge in [0.1, 0.15) is 5.69 Å². The zero-order valence-corrected chi connectivity index (χ0v) is 18.1. The zero-order chi connectivity index (χ0) is 20.9. The van der Waals surface area contributed by atoms with Crippen LogP contribution in [0.5, 0.6) is 0 Å². The largest absolute Gasteiger partial charge is 0.368 e. The number of hydrogen-bond acceptors (Lipinski definition) is 5. The van der Waals surface area contributed by atoms with Crippen LogP contribution in [0.25, 0.3) is 10.6 Å². The molecule has 0 aliphatic carbocycles. The van der Waals surface area contributed by atoms with Gasteiger partial charge >= 0.3 is 0 Å². The van der Waals surface area contributed by atoms with Crippen molar-refractivity contribution in [1.82, 2.24) is 14.7 Å². The number of hydrogen-bond donors (Lipinski definition) is 0. The Bertz CT molecular complexity index is 1060. The Kier molecular flexibility index (Phi) is 6.50. The number of carbonyl (C=O) groups excluding carboxylic acids is 1. The molecule has 0 unspecified atom stereocenters. The third kappa shape index (κ3) is 4.91.